The number of halogens is 1. The lowest BCUT2D eigenvalue weighted by Gasteiger charge is -2.15. The summed E-state index contributed by atoms with van der Waals surface area (Å²) in [6.45, 7) is 1.46. The van der Waals surface area contributed by atoms with Crippen molar-refractivity contribution in [3.8, 4) is 17.2 Å². The highest BCUT2D eigenvalue weighted by Gasteiger charge is 2.17. The third kappa shape index (κ3) is 5.87. The highest BCUT2D eigenvalue weighted by atomic mass is 19.1. The van der Waals surface area contributed by atoms with Crippen LogP contribution in [0.15, 0.2) is 42.5 Å². The first-order chi connectivity index (χ1) is 13.4. The van der Waals surface area contributed by atoms with Crippen LogP contribution < -0.4 is 25.1 Å². The molecule has 2 amide bonds. The van der Waals surface area contributed by atoms with E-state index in [1.165, 1.54) is 32.2 Å². The lowest BCUT2D eigenvalue weighted by atomic mass is 10.1. The quantitative estimate of drug-likeness (QED) is 0.676. The lowest BCUT2D eigenvalue weighted by Crippen LogP contribution is -2.47. The van der Waals surface area contributed by atoms with E-state index in [1.54, 1.807) is 25.3 Å². The molecule has 150 valence electrons. The Kier molecular flexibility index (Phi) is 7.62. The molecule has 0 spiro atoms. The molecule has 2 aromatic rings. The van der Waals surface area contributed by atoms with E-state index in [4.69, 9.17) is 14.2 Å². The average Bonchev–Trinajstić information content (AvgIpc) is 2.71. The van der Waals surface area contributed by atoms with Crippen molar-refractivity contribution in [3.05, 3.63) is 53.8 Å². The van der Waals surface area contributed by atoms with Crippen LogP contribution in [0.1, 0.15) is 18.9 Å². The number of carbonyl (C=O) groups excluding carboxylic acids is 2. The fraction of sp³-hybridized carbons (Fsp3) is 0.300. The molecule has 2 aromatic carbocycles. The third-order valence-electron chi connectivity index (χ3n) is 3.92. The molecule has 8 heteroatoms. The molecule has 0 saturated carbocycles. The van der Waals surface area contributed by atoms with Crippen LogP contribution >= 0.6 is 0 Å². The zero-order valence-electron chi connectivity index (χ0n) is 16.0. The number of hydrogen-bond acceptors (Lipinski definition) is 5. The first-order valence-electron chi connectivity index (χ1n) is 8.65. The largest absolute Gasteiger partial charge is 0.493 e. The van der Waals surface area contributed by atoms with Crippen molar-refractivity contribution in [2.45, 2.75) is 25.9 Å². The molecule has 0 aliphatic heterocycles. The molecule has 0 saturated heterocycles. The molecule has 0 radical (unpaired) electrons. The van der Waals surface area contributed by atoms with Crippen molar-refractivity contribution in [1.82, 2.24) is 10.9 Å². The normalized spacial score (nSPS) is 11.3. The molecular formula is C20H23FN2O5. The van der Waals surface area contributed by atoms with Gasteiger partial charge in [-0.2, -0.15) is 0 Å². The Morgan fingerprint density at radius 2 is 1.71 bits per heavy atom. The van der Waals surface area contributed by atoms with Crippen LogP contribution in [0, 0.1) is 5.82 Å². The minimum absolute atomic E-state index is 0.0371. The van der Waals surface area contributed by atoms with Gasteiger partial charge in [-0.1, -0.05) is 18.2 Å². The van der Waals surface area contributed by atoms with Gasteiger partial charge < -0.3 is 14.2 Å². The van der Waals surface area contributed by atoms with E-state index >= 15 is 0 Å². The van der Waals surface area contributed by atoms with Gasteiger partial charge in [0.1, 0.15) is 0 Å². The SMILES string of the molecule is COc1ccc(CCC(=O)NNC(=O)[C@H](C)Oc2ccccc2F)cc1OC. The van der Waals surface area contributed by atoms with Crippen LogP contribution in [-0.2, 0) is 16.0 Å². The Morgan fingerprint density at radius 3 is 2.39 bits per heavy atom. The van der Waals surface area contributed by atoms with E-state index in [-0.39, 0.29) is 18.1 Å². The van der Waals surface area contributed by atoms with E-state index in [1.807, 2.05) is 6.07 Å². The number of hydrogen-bond donors (Lipinski definition) is 2. The van der Waals surface area contributed by atoms with Crippen molar-refractivity contribution >= 4 is 11.8 Å². The summed E-state index contributed by atoms with van der Waals surface area (Å²) < 4.78 is 29.2. The van der Waals surface area contributed by atoms with Crippen LogP contribution in [0.2, 0.25) is 0 Å². The van der Waals surface area contributed by atoms with Gasteiger partial charge in [-0.05, 0) is 43.2 Å². The molecule has 1 atom stereocenters. The fourth-order valence-corrected chi connectivity index (χ4v) is 2.37. The van der Waals surface area contributed by atoms with Crippen LogP contribution in [0.3, 0.4) is 0 Å². The predicted molar refractivity (Wildman–Crippen MR) is 101 cm³/mol. The first-order valence-corrected chi connectivity index (χ1v) is 8.65. The van der Waals surface area contributed by atoms with E-state index in [0.29, 0.717) is 17.9 Å². The smallest absolute Gasteiger partial charge is 0.279 e. The molecule has 2 N–H and O–H groups in total. The second-order valence-electron chi connectivity index (χ2n) is 5.92. The second-order valence-corrected chi connectivity index (χ2v) is 5.92. The number of methoxy groups -OCH3 is 2. The minimum Gasteiger partial charge on any atom is -0.493 e. The Hall–Kier alpha value is -3.29. The van der Waals surface area contributed by atoms with Crippen molar-refractivity contribution in [2.24, 2.45) is 0 Å². The van der Waals surface area contributed by atoms with Crippen molar-refractivity contribution in [1.29, 1.82) is 0 Å². The van der Waals surface area contributed by atoms with Crippen LogP contribution in [0.5, 0.6) is 17.2 Å². The number of hydrazine groups is 1. The molecule has 0 aliphatic carbocycles. The minimum atomic E-state index is -0.983. The fourth-order valence-electron chi connectivity index (χ4n) is 2.37. The van der Waals surface area contributed by atoms with Gasteiger partial charge in [0.25, 0.3) is 5.91 Å². The summed E-state index contributed by atoms with van der Waals surface area (Å²) in [6.07, 6.45) is -0.384. The maximum absolute atomic E-state index is 13.5. The topological polar surface area (TPSA) is 85.9 Å². The van der Waals surface area contributed by atoms with Crippen molar-refractivity contribution in [3.63, 3.8) is 0 Å². The average molecular weight is 390 g/mol. The van der Waals surface area contributed by atoms with Crippen LogP contribution in [0.25, 0.3) is 0 Å². The number of nitrogens with one attached hydrogen (secondary N) is 2. The van der Waals surface area contributed by atoms with Gasteiger partial charge in [0.15, 0.2) is 29.2 Å². The van der Waals surface area contributed by atoms with Gasteiger partial charge in [0.05, 0.1) is 14.2 Å². The number of amides is 2. The first kappa shape index (κ1) is 21.0. The highest BCUT2D eigenvalue weighted by Crippen LogP contribution is 2.27. The number of ether oxygens (including phenoxy) is 3. The molecule has 2 rings (SSSR count). The Labute approximate surface area is 162 Å². The number of rotatable bonds is 8. The van der Waals surface area contributed by atoms with E-state index in [9.17, 15) is 14.0 Å². The van der Waals surface area contributed by atoms with E-state index < -0.39 is 17.8 Å². The number of para-hydroxylation sites is 1. The summed E-state index contributed by atoms with van der Waals surface area (Å²) in [5.41, 5.74) is 5.47. The Balaban J connectivity index is 1.79. The predicted octanol–water partition coefficient (Wildman–Crippen LogP) is 2.39. The van der Waals surface area contributed by atoms with Gasteiger partial charge in [0, 0.05) is 6.42 Å². The van der Waals surface area contributed by atoms with Gasteiger partial charge in [0.2, 0.25) is 5.91 Å². The number of benzene rings is 2. The molecule has 7 nitrogen and oxygen atoms in total. The molecule has 0 aromatic heterocycles. The summed E-state index contributed by atoms with van der Waals surface area (Å²) in [5, 5.41) is 0. The standard InChI is InChI=1S/C20H23FN2O5/c1-13(28-16-7-5-4-6-15(16)21)20(25)23-22-19(24)11-9-14-8-10-17(26-2)18(12-14)27-3/h4-8,10,12-13H,9,11H2,1-3H3,(H,22,24)(H,23,25)/t13-/m0/s1. The summed E-state index contributed by atoms with van der Waals surface area (Å²) in [6, 6.07) is 11.1. The van der Waals surface area contributed by atoms with Gasteiger partial charge in [-0.15, -0.1) is 0 Å². The molecular weight excluding hydrogens is 367 g/mol. The van der Waals surface area contributed by atoms with Crippen LogP contribution in [0.4, 0.5) is 4.39 Å². The van der Waals surface area contributed by atoms with Crippen molar-refractivity contribution in [2.75, 3.05) is 14.2 Å². The summed E-state index contributed by atoms with van der Waals surface area (Å²) in [7, 11) is 3.08. The molecule has 0 aliphatic rings. The molecule has 0 unspecified atom stereocenters. The maximum atomic E-state index is 13.5. The maximum Gasteiger partial charge on any atom is 0.279 e. The molecule has 0 bridgehead atoms. The zero-order chi connectivity index (χ0) is 20.5. The third-order valence-corrected chi connectivity index (χ3v) is 3.92. The van der Waals surface area contributed by atoms with Gasteiger partial charge in [-0.3, -0.25) is 20.4 Å². The van der Waals surface area contributed by atoms with Crippen molar-refractivity contribution < 1.29 is 28.2 Å². The second kappa shape index (κ2) is 10.1. The highest BCUT2D eigenvalue weighted by molar-refractivity contribution is 5.84. The molecule has 28 heavy (non-hydrogen) atoms. The van der Waals surface area contributed by atoms with Gasteiger partial charge in [-0.25, -0.2) is 4.39 Å². The Morgan fingerprint density at radius 1 is 1.00 bits per heavy atom. The number of carbonyl (C=O) groups is 2. The van der Waals surface area contributed by atoms with E-state index in [0.717, 1.165) is 5.56 Å². The zero-order valence-corrected chi connectivity index (χ0v) is 16.0. The number of aryl methyl sites for hydroxylation is 1. The van der Waals surface area contributed by atoms with E-state index in [2.05, 4.69) is 10.9 Å². The lowest BCUT2D eigenvalue weighted by molar-refractivity contribution is -0.132. The van der Waals surface area contributed by atoms with Gasteiger partial charge >= 0.3 is 0 Å². The summed E-state index contributed by atoms with van der Waals surface area (Å²) in [5.74, 6) is -0.394. The monoisotopic (exact) mass is 390 g/mol. The summed E-state index contributed by atoms with van der Waals surface area (Å²) >= 11 is 0. The molecule has 0 heterocycles. The Bertz CT molecular complexity index is 828. The summed E-state index contributed by atoms with van der Waals surface area (Å²) in [4.78, 5) is 23.9. The van der Waals surface area contributed by atoms with Crippen LogP contribution in [-0.4, -0.2) is 32.1 Å². The molecule has 0 fully saturated rings.